The molecule has 1 aromatic rings. The van der Waals surface area contributed by atoms with Gasteiger partial charge in [0.1, 0.15) is 0 Å². The fourth-order valence-corrected chi connectivity index (χ4v) is 4.12. The topological polar surface area (TPSA) is 63.7 Å². The zero-order valence-corrected chi connectivity index (χ0v) is 12.8. The molecule has 5 heteroatoms. The molecule has 2 amide bonds. The molecular formula is C18H17NO4. The van der Waals surface area contributed by atoms with Crippen LogP contribution in [0.5, 0.6) is 0 Å². The van der Waals surface area contributed by atoms with Gasteiger partial charge in [0.05, 0.1) is 29.7 Å². The molecule has 1 aromatic carbocycles. The minimum Gasteiger partial charge on any atom is -0.462 e. The van der Waals surface area contributed by atoms with E-state index in [0.717, 1.165) is 6.42 Å². The Hall–Kier alpha value is -2.43. The van der Waals surface area contributed by atoms with Gasteiger partial charge in [0, 0.05) is 0 Å². The van der Waals surface area contributed by atoms with Crippen LogP contribution >= 0.6 is 0 Å². The van der Waals surface area contributed by atoms with E-state index >= 15 is 0 Å². The van der Waals surface area contributed by atoms with E-state index in [1.165, 1.54) is 4.90 Å². The molecular weight excluding hydrogens is 294 g/mol. The van der Waals surface area contributed by atoms with Gasteiger partial charge < -0.3 is 4.74 Å². The maximum Gasteiger partial charge on any atom is 0.338 e. The number of allylic oxidation sites excluding steroid dienone is 2. The predicted octanol–water partition coefficient (Wildman–Crippen LogP) is 2.17. The fraction of sp³-hybridized carbons (Fsp3) is 0.389. The number of rotatable bonds is 3. The first-order valence-electron chi connectivity index (χ1n) is 7.95. The van der Waals surface area contributed by atoms with Gasteiger partial charge in [-0.2, -0.15) is 0 Å². The molecule has 0 unspecified atom stereocenters. The lowest BCUT2D eigenvalue weighted by molar-refractivity contribution is -0.123. The molecule has 0 N–H and O–H groups in total. The van der Waals surface area contributed by atoms with E-state index in [4.69, 9.17) is 4.74 Å². The summed E-state index contributed by atoms with van der Waals surface area (Å²) in [6.07, 6.45) is 5.07. The van der Waals surface area contributed by atoms with Crippen LogP contribution in [0.3, 0.4) is 0 Å². The van der Waals surface area contributed by atoms with E-state index in [0.29, 0.717) is 17.9 Å². The quantitative estimate of drug-likeness (QED) is 0.487. The van der Waals surface area contributed by atoms with Crippen molar-refractivity contribution < 1.29 is 19.1 Å². The standard InChI is InChI=1S/C18H17NO4/c1-2-23-18(22)10-5-7-13(8-6-10)19-16(20)14-11-3-4-12(9-11)15(14)17(19)21/h3-8,11-12,14-15H,2,9H2,1H3/t11-,12-,14-,15-/m0/s1. The molecule has 1 heterocycles. The molecule has 0 aromatic heterocycles. The molecule has 1 saturated carbocycles. The van der Waals surface area contributed by atoms with Crippen molar-refractivity contribution in [3.8, 4) is 0 Å². The first-order valence-corrected chi connectivity index (χ1v) is 7.95. The molecule has 118 valence electrons. The number of hydrogen-bond donors (Lipinski definition) is 0. The van der Waals surface area contributed by atoms with Gasteiger partial charge in [-0.15, -0.1) is 0 Å². The Labute approximate surface area is 133 Å². The number of esters is 1. The number of benzene rings is 1. The molecule has 23 heavy (non-hydrogen) atoms. The number of fused-ring (bicyclic) bond motifs is 5. The van der Waals surface area contributed by atoms with Crippen LogP contribution in [0.1, 0.15) is 23.7 Å². The molecule has 4 atom stereocenters. The minimum absolute atomic E-state index is 0.110. The van der Waals surface area contributed by atoms with Gasteiger partial charge in [0.25, 0.3) is 0 Å². The Morgan fingerprint density at radius 2 is 1.65 bits per heavy atom. The molecule has 2 fully saturated rings. The van der Waals surface area contributed by atoms with Gasteiger partial charge in [-0.05, 0) is 49.4 Å². The van der Waals surface area contributed by atoms with Crippen LogP contribution in [0, 0.1) is 23.7 Å². The molecule has 5 nitrogen and oxygen atoms in total. The van der Waals surface area contributed by atoms with Gasteiger partial charge in [0.2, 0.25) is 11.8 Å². The summed E-state index contributed by atoms with van der Waals surface area (Å²) in [7, 11) is 0. The number of carbonyl (C=O) groups is 3. The van der Waals surface area contributed by atoms with Crippen molar-refractivity contribution in [3.05, 3.63) is 42.0 Å². The SMILES string of the molecule is CCOC(=O)c1ccc(N2C(=O)[C@@H]3[C@@H](C2=O)[C@H]2C=C[C@H]3C2)cc1. The van der Waals surface area contributed by atoms with Crippen LogP contribution in [0.15, 0.2) is 36.4 Å². The van der Waals surface area contributed by atoms with E-state index in [9.17, 15) is 14.4 Å². The number of carbonyl (C=O) groups excluding carboxylic acids is 3. The third-order valence-corrected chi connectivity index (χ3v) is 5.11. The lowest BCUT2D eigenvalue weighted by Crippen LogP contribution is -2.32. The Bertz CT molecular complexity index is 691. The Morgan fingerprint density at radius 3 is 2.17 bits per heavy atom. The van der Waals surface area contributed by atoms with Crippen molar-refractivity contribution in [2.24, 2.45) is 23.7 Å². The monoisotopic (exact) mass is 311 g/mol. The summed E-state index contributed by atoms with van der Waals surface area (Å²) >= 11 is 0. The van der Waals surface area contributed by atoms with Gasteiger partial charge >= 0.3 is 5.97 Å². The maximum absolute atomic E-state index is 12.7. The van der Waals surface area contributed by atoms with Crippen LogP contribution in [-0.2, 0) is 14.3 Å². The van der Waals surface area contributed by atoms with E-state index in [1.807, 2.05) is 0 Å². The zero-order valence-electron chi connectivity index (χ0n) is 12.8. The number of amides is 2. The average molecular weight is 311 g/mol. The third-order valence-electron chi connectivity index (χ3n) is 5.11. The molecule has 4 rings (SSSR count). The third kappa shape index (κ3) is 1.96. The van der Waals surface area contributed by atoms with Crippen LogP contribution in [0.25, 0.3) is 0 Å². The van der Waals surface area contributed by atoms with Crippen molar-refractivity contribution in [3.63, 3.8) is 0 Å². The lowest BCUT2D eigenvalue weighted by atomic mass is 9.85. The first-order chi connectivity index (χ1) is 11.1. The van der Waals surface area contributed by atoms with Gasteiger partial charge in [-0.3, -0.25) is 14.5 Å². The highest BCUT2D eigenvalue weighted by Gasteiger charge is 2.59. The molecule has 1 aliphatic heterocycles. The zero-order chi connectivity index (χ0) is 16.1. The Balaban J connectivity index is 1.61. The van der Waals surface area contributed by atoms with Gasteiger partial charge in [-0.1, -0.05) is 12.2 Å². The average Bonchev–Trinajstić information content (AvgIpc) is 3.22. The minimum atomic E-state index is -0.405. The van der Waals surface area contributed by atoms with E-state index in [1.54, 1.807) is 31.2 Å². The van der Waals surface area contributed by atoms with Crippen LogP contribution < -0.4 is 4.90 Å². The summed E-state index contributed by atoms with van der Waals surface area (Å²) in [5.74, 6) is -0.640. The van der Waals surface area contributed by atoms with Crippen molar-refractivity contribution >= 4 is 23.5 Å². The summed E-state index contributed by atoms with van der Waals surface area (Å²) in [6.45, 7) is 2.05. The van der Waals surface area contributed by atoms with Gasteiger partial charge in [-0.25, -0.2) is 4.79 Å². The van der Waals surface area contributed by atoms with Crippen LogP contribution in [-0.4, -0.2) is 24.4 Å². The Kier molecular flexibility index (Phi) is 3.11. The van der Waals surface area contributed by atoms with E-state index in [2.05, 4.69) is 12.2 Å². The van der Waals surface area contributed by atoms with Crippen LogP contribution in [0.2, 0.25) is 0 Å². The van der Waals surface area contributed by atoms with Gasteiger partial charge in [0.15, 0.2) is 0 Å². The second-order valence-corrected chi connectivity index (χ2v) is 6.28. The van der Waals surface area contributed by atoms with E-state index in [-0.39, 0.29) is 35.5 Å². The summed E-state index contributed by atoms with van der Waals surface area (Å²) in [5.41, 5.74) is 0.943. The molecule has 2 aliphatic carbocycles. The summed E-state index contributed by atoms with van der Waals surface area (Å²) < 4.78 is 4.94. The fourth-order valence-electron chi connectivity index (χ4n) is 4.12. The summed E-state index contributed by atoms with van der Waals surface area (Å²) in [6, 6.07) is 6.46. The lowest BCUT2D eigenvalue weighted by Gasteiger charge is -2.17. The van der Waals surface area contributed by atoms with Crippen molar-refractivity contribution in [2.45, 2.75) is 13.3 Å². The summed E-state index contributed by atoms with van der Waals surface area (Å²) in [4.78, 5) is 38.3. The summed E-state index contributed by atoms with van der Waals surface area (Å²) in [5, 5.41) is 0. The smallest absolute Gasteiger partial charge is 0.338 e. The second-order valence-electron chi connectivity index (χ2n) is 6.28. The highest BCUT2D eigenvalue weighted by atomic mass is 16.5. The number of nitrogens with zero attached hydrogens (tertiary/aromatic N) is 1. The number of imide groups is 1. The highest BCUT2D eigenvalue weighted by molar-refractivity contribution is 6.22. The molecule has 0 radical (unpaired) electrons. The molecule has 0 spiro atoms. The normalized spacial score (nSPS) is 30.9. The Morgan fingerprint density at radius 1 is 1.09 bits per heavy atom. The largest absolute Gasteiger partial charge is 0.462 e. The highest BCUT2D eigenvalue weighted by Crippen LogP contribution is 2.53. The first kappa shape index (κ1) is 14.2. The van der Waals surface area contributed by atoms with Crippen molar-refractivity contribution in [1.82, 2.24) is 0 Å². The van der Waals surface area contributed by atoms with Crippen molar-refractivity contribution in [2.75, 3.05) is 11.5 Å². The van der Waals surface area contributed by atoms with Crippen LogP contribution in [0.4, 0.5) is 5.69 Å². The van der Waals surface area contributed by atoms with Crippen molar-refractivity contribution in [1.29, 1.82) is 0 Å². The number of ether oxygens (including phenoxy) is 1. The number of hydrogen-bond acceptors (Lipinski definition) is 4. The molecule has 1 saturated heterocycles. The second kappa shape index (κ2) is 5.05. The maximum atomic E-state index is 12.7. The molecule has 2 bridgehead atoms. The predicted molar refractivity (Wildman–Crippen MR) is 82.6 cm³/mol. The molecule has 3 aliphatic rings. The van der Waals surface area contributed by atoms with E-state index < -0.39 is 5.97 Å². The number of anilines is 1.